The molecule has 2 saturated heterocycles. The molecule has 3 aromatic rings. The van der Waals surface area contributed by atoms with Crippen LogP contribution in [0.1, 0.15) is 26.2 Å². The third-order valence-electron chi connectivity index (χ3n) is 6.69. The van der Waals surface area contributed by atoms with Gasteiger partial charge in [0.05, 0.1) is 50.6 Å². The molecule has 1 aromatic carbocycles. The van der Waals surface area contributed by atoms with E-state index in [1.807, 2.05) is 36.4 Å². The number of carbonyl (C=O) groups excluding carboxylic acids is 1. The Balaban J connectivity index is 0.000000283. The standard InChI is InChI=1S/C21H21N3O4.C8H17NO/c1-26-18-6-5-14(9-19(18)27-2)16-10-17-15(4-3-7-22-17)21(24-16)28-12-13-8-20(25)23-11-13;1-2-3-4-9-5-7-10-8-6-9/h3-7,9-10,13H,8,11-12H2,1-2H3,(H,23,25);2-8H2,1H3/t13-;/m1./s1. The highest BCUT2D eigenvalue weighted by molar-refractivity contribution is 5.87. The Labute approximate surface area is 224 Å². The van der Waals surface area contributed by atoms with Gasteiger partial charge in [0.1, 0.15) is 0 Å². The number of carbonyl (C=O) groups is 1. The molecule has 0 spiro atoms. The predicted octanol–water partition coefficient (Wildman–Crippen LogP) is 3.95. The molecule has 4 heterocycles. The molecule has 1 atom stereocenters. The monoisotopic (exact) mass is 522 g/mol. The average Bonchev–Trinajstić information content (AvgIpc) is 3.40. The number of fused-ring (bicyclic) bond motifs is 1. The van der Waals surface area contributed by atoms with Crippen LogP contribution in [-0.4, -0.2) is 81.0 Å². The van der Waals surface area contributed by atoms with Gasteiger partial charge in [-0.25, -0.2) is 4.98 Å². The van der Waals surface area contributed by atoms with Crippen LogP contribution in [0.15, 0.2) is 42.6 Å². The molecule has 0 saturated carbocycles. The molecule has 2 aliphatic heterocycles. The van der Waals surface area contributed by atoms with Crippen LogP contribution in [0, 0.1) is 5.92 Å². The van der Waals surface area contributed by atoms with Gasteiger partial charge >= 0.3 is 0 Å². The summed E-state index contributed by atoms with van der Waals surface area (Å²) in [5, 5.41) is 3.66. The molecule has 0 bridgehead atoms. The van der Waals surface area contributed by atoms with Crippen LogP contribution in [0.5, 0.6) is 17.4 Å². The molecule has 1 N–H and O–H groups in total. The van der Waals surface area contributed by atoms with Gasteiger partial charge in [0.25, 0.3) is 0 Å². The summed E-state index contributed by atoms with van der Waals surface area (Å²) >= 11 is 0. The van der Waals surface area contributed by atoms with Gasteiger partial charge in [-0.1, -0.05) is 13.3 Å². The Morgan fingerprint density at radius 1 is 1.11 bits per heavy atom. The number of nitrogens with one attached hydrogen (secondary N) is 1. The fraction of sp³-hybridized carbons (Fsp3) is 0.483. The van der Waals surface area contributed by atoms with E-state index in [1.165, 1.54) is 19.4 Å². The third-order valence-corrected chi connectivity index (χ3v) is 6.69. The second kappa shape index (κ2) is 13.9. The first-order valence-electron chi connectivity index (χ1n) is 13.3. The molecule has 0 radical (unpaired) electrons. The van der Waals surface area contributed by atoms with E-state index in [0.717, 1.165) is 48.5 Å². The maximum Gasteiger partial charge on any atom is 0.223 e. The number of methoxy groups -OCH3 is 2. The first kappa shape index (κ1) is 27.6. The molecule has 9 nitrogen and oxygen atoms in total. The molecule has 5 rings (SSSR count). The first-order chi connectivity index (χ1) is 18.6. The number of morpholine rings is 1. The zero-order chi connectivity index (χ0) is 26.7. The van der Waals surface area contributed by atoms with Gasteiger partial charge in [-0.15, -0.1) is 0 Å². The van der Waals surface area contributed by atoms with E-state index in [1.54, 1.807) is 20.4 Å². The van der Waals surface area contributed by atoms with E-state index in [2.05, 4.69) is 22.1 Å². The van der Waals surface area contributed by atoms with E-state index < -0.39 is 0 Å². The fourth-order valence-corrected chi connectivity index (χ4v) is 4.48. The number of hydrogen-bond acceptors (Lipinski definition) is 8. The quantitative estimate of drug-likeness (QED) is 0.452. The lowest BCUT2D eigenvalue weighted by Crippen LogP contribution is -2.36. The van der Waals surface area contributed by atoms with Crippen molar-refractivity contribution in [2.24, 2.45) is 5.92 Å². The number of nitrogens with zero attached hydrogens (tertiary/aromatic N) is 3. The Hall–Kier alpha value is -3.43. The molecule has 2 aromatic heterocycles. The van der Waals surface area contributed by atoms with Crippen molar-refractivity contribution < 1.29 is 23.7 Å². The number of benzene rings is 1. The molecule has 38 heavy (non-hydrogen) atoms. The van der Waals surface area contributed by atoms with E-state index >= 15 is 0 Å². The molecule has 204 valence electrons. The molecule has 2 aliphatic rings. The van der Waals surface area contributed by atoms with Gasteiger partial charge in [0.15, 0.2) is 11.5 Å². The van der Waals surface area contributed by atoms with E-state index in [9.17, 15) is 4.79 Å². The summed E-state index contributed by atoms with van der Waals surface area (Å²) in [5.41, 5.74) is 2.38. The number of pyridine rings is 2. The van der Waals surface area contributed by atoms with Crippen molar-refractivity contribution in [3.8, 4) is 28.6 Å². The van der Waals surface area contributed by atoms with Gasteiger partial charge in [-0.3, -0.25) is 14.7 Å². The summed E-state index contributed by atoms with van der Waals surface area (Å²) < 4.78 is 22.0. The molecular weight excluding hydrogens is 484 g/mol. The topological polar surface area (TPSA) is 95.0 Å². The largest absolute Gasteiger partial charge is 0.493 e. The lowest BCUT2D eigenvalue weighted by molar-refractivity contribution is -0.119. The lowest BCUT2D eigenvalue weighted by atomic mass is 10.1. The molecule has 1 amide bonds. The summed E-state index contributed by atoms with van der Waals surface area (Å²) in [5.74, 6) is 1.99. The molecular formula is C29H38N4O5. The van der Waals surface area contributed by atoms with E-state index in [0.29, 0.717) is 37.0 Å². The Morgan fingerprint density at radius 2 is 1.92 bits per heavy atom. The van der Waals surface area contributed by atoms with Gasteiger partial charge in [0, 0.05) is 43.7 Å². The number of aromatic nitrogens is 2. The van der Waals surface area contributed by atoms with Crippen molar-refractivity contribution in [2.45, 2.75) is 26.2 Å². The third kappa shape index (κ3) is 7.33. The normalized spacial score (nSPS) is 17.4. The van der Waals surface area contributed by atoms with Crippen LogP contribution in [0.3, 0.4) is 0 Å². The summed E-state index contributed by atoms with van der Waals surface area (Å²) in [6.45, 7) is 8.70. The van der Waals surface area contributed by atoms with Crippen LogP contribution in [0.2, 0.25) is 0 Å². The highest BCUT2D eigenvalue weighted by atomic mass is 16.5. The van der Waals surface area contributed by atoms with Crippen molar-refractivity contribution in [1.82, 2.24) is 20.2 Å². The second-order valence-corrected chi connectivity index (χ2v) is 9.45. The molecule has 0 aliphatic carbocycles. The zero-order valence-electron chi connectivity index (χ0n) is 22.6. The van der Waals surface area contributed by atoms with Gasteiger partial charge in [-0.05, 0) is 49.4 Å². The van der Waals surface area contributed by atoms with Crippen molar-refractivity contribution in [2.75, 3.05) is 60.2 Å². The zero-order valence-corrected chi connectivity index (χ0v) is 22.6. The van der Waals surface area contributed by atoms with Crippen LogP contribution in [0.4, 0.5) is 0 Å². The smallest absolute Gasteiger partial charge is 0.223 e. The highest BCUT2D eigenvalue weighted by Crippen LogP contribution is 2.34. The second-order valence-electron chi connectivity index (χ2n) is 9.45. The molecule has 0 unspecified atom stereocenters. The van der Waals surface area contributed by atoms with E-state index in [-0.39, 0.29) is 11.8 Å². The summed E-state index contributed by atoms with van der Waals surface area (Å²) in [4.78, 5) is 23.1. The number of ether oxygens (including phenoxy) is 4. The van der Waals surface area contributed by atoms with Gasteiger partial charge < -0.3 is 24.3 Å². The van der Waals surface area contributed by atoms with Crippen LogP contribution < -0.4 is 19.5 Å². The highest BCUT2D eigenvalue weighted by Gasteiger charge is 2.22. The Morgan fingerprint density at radius 3 is 2.63 bits per heavy atom. The summed E-state index contributed by atoms with van der Waals surface area (Å²) in [6, 6.07) is 11.3. The maximum atomic E-state index is 11.4. The van der Waals surface area contributed by atoms with Crippen LogP contribution >= 0.6 is 0 Å². The Kier molecular flexibility index (Phi) is 10.1. The molecule has 2 fully saturated rings. The predicted molar refractivity (Wildman–Crippen MR) is 147 cm³/mol. The minimum atomic E-state index is 0.0622. The minimum Gasteiger partial charge on any atom is -0.493 e. The van der Waals surface area contributed by atoms with E-state index in [4.69, 9.17) is 23.9 Å². The number of unbranched alkanes of at least 4 members (excludes halogenated alkanes) is 1. The maximum absolute atomic E-state index is 11.4. The average molecular weight is 523 g/mol. The fourth-order valence-electron chi connectivity index (χ4n) is 4.48. The summed E-state index contributed by atoms with van der Waals surface area (Å²) in [6.07, 6.45) is 4.85. The van der Waals surface area contributed by atoms with Gasteiger partial charge in [0.2, 0.25) is 11.8 Å². The SMILES string of the molecule is CCCCN1CCOCC1.COc1ccc(-c2cc3ncccc3c(OC[C@H]3CNC(=O)C3)n2)cc1OC. The lowest BCUT2D eigenvalue weighted by Gasteiger charge is -2.26. The summed E-state index contributed by atoms with van der Waals surface area (Å²) in [7, 11) is 3.20. The van der Waals surface area contributed by atoms with Gasteiger partial charge in [-0.2, -0.15) is 0 Å². The molecule has 9 heteroatoms. The van der Waals surface area contributed by atoms with Crippen molar-refractivity contribution >= 4 is 16.8 Å². The number of amides is 1. The van der Waals surface area contributed by atoms with Crippen LogP contribution in [-0.2, 0) is 9.53 Å². The number of rotatable bonds is 9. The number of hydrogen-bond donors (Lipinski definition) is 1. The minimum absolute atomic E-state index is 0.0622. The van der Waals surface area contributed by atoms with Crippen molar-refractivity contribution in [3.05, 3.63) is 42.6 Å². The Bertz CT molecular complexity index is 1200. The van der Waals surface area contributed by atoms with Crippen molar-refractivity contribution in [1.29, 1.82) is 0 Å². The van der Waals surface area contributed by atoms with Crippen LogP contribution in [0.25, 0.3) is 22.2 Å². The van der Waals surface area contributed by atoms with Crippen molar-refractivity contribution in [3.63, 3.8) is 0 Å². The first-order valence-corrected chi connectivity index (χ1v) is 13.3.